The van der Waals surface area contributed by atoms with Gasteiger partial charge in [-0.2, -0.15) is 0 Å². The van der Waals surface area contributed by atoms with Gasteiger partial charge >= 0.3 is 5.97 Å². The van der Waals surface area contributed by atoms with Gasteiger partial charge in [-0.05, 0) is 18.8 Å². The number of rotatable bonds is 11. The molecular formula is C19H32O2. The lowest BCUT2D eigenvalue weighted by Crippen LogP contribution is -2.37. The van der Waals surface area contributed by atoms with Gasteiger partial charge in [-0.1, -0.05) is 89.5 Å². The fourth-order valence-corrected chi connectivity index (χ4v) is 3.38. The van der Waals surface area contributed by atoms with Gasteiger partial charge in [0, 0.05) is 0 Å². The van der Waals surface area contributed by atoms with Crippen LogP contribution in [-0.2, 0) is 4.79 Å². The lowest BCUT2D eigenvalue weighted by Gasteiger charge is -2.34. The van der Waals surface area contributed by atoms with Gasteiger partial charge in [-0.3, -0.25) is 4.79 Å². The molecule has 0 saturated heterocycles. The van der Waals surface area contributed by atoms with Crippen LogP contribution in [0.4, 0.5) is 0 Å². The third kappa shape index (κ3) is 5.33. The van der Waals surface area contributed by atoms with E-state index in [4.69, 9.17) is 0 Å². The molecule has 120 valence electrons. The van der Waals surface area contributed by atoms with Crippen LogP contribution in [0.5, 0.6) is 0 Å². The third-order valence-electron chi connectivity index (χ3n) is 4.79. The topological polar surface area (TPSA) is 37.3 Å². The van der Waals surface area contributed by atoms with E-state index in [1.165, 1.54) is 38.5 Å². The largest absolute Gasteiger partial charge is 0.481 e. The first-order valence-corrected chi connectivity index (χ1v) is 8.76. The highest BCUT2D eigenvalue weighted by Crippen LogP contribution is 2.40. The van der Waals surface area contributed by atoms with Crippen LogP contribution in [0.15, 0.2) is 24.3 Å². The van der Waals surface area contributed by atoms with E-state index in [9.17, 15) is 9.90 Å². The summed E-state index contributed by atoms with van der Waals surface area (Å²) in [5, 5.41) is 9.70. The van der Waals surface area contributed by atoms with E-state index in [-0.39, 0.29) is 5.92 Å². The SMILES string of the molecule is CCCCCCCCCCC1(C(=O)O)C=CC=CC1CC. The molecular weight excluding hydrogens is 260 g/mol. The monoisotopic (exact) mass is 292 g/mol. The van der Waals surface area contributed by atoms with E-state index in [1.807, 2.05) is 18.2 Å². The first-order valence-electron chi connectivity index (χ1n) is 8.76. The van der Waals surface area contributed by atoms with Crippen molar-refractivity contribution in [2.24, 2.45) is 11.3 Å². The molecule has 2 nitrogen and oxygen atoms in total. The van der Waals surface area contributed by atoms with Crippen LogP contribution < -0.4 is 0 Å². The lowest BCUT2D eigenvalue weighted by molar-refractivity contribution is -0.148. The molecule has 2 unspecified atom stereocenters. The molecule has 0 aromatic carbocycles. The number of hydrogen-bond donors (Lipinski definition) is 1. The van der Waals surface area contributed by atoms with Gasteiger partial charge in [-0.25, -0.2) is 0 Å². The number of aliphatic carboxylic acids is 1. The second kappa shape index (κ2) is 9.81. The summed E-state index contributed by atoms with van der Waals surface area (Å²) in [7, 11) is 0. The Balaban J connectivity index is 2.34. The molecule has 21 heavy (non-hydrogen) atoms. The molecule has 1 aliphatic rings. The highest BCUT2D eigenvalue weighted by Gasteiger charge is 2.41. The van der Waals surface area contributed by atoms with Crippen molar-refractivity contribution < 1.29 is 9.90 Å². The summed E-state index contributed by atoms with van der Waals surface area (Å²) in [6.45, 7) is 4.32. The number of carboxylic acids is 1. The number of hydrogen-bond acceptors (Lipinski definition) is 1. The van der Waals surface area contributed by atoms with Gasteiger partial charge < -0.3 is 5.11 Å². The van der Waals surface area contributed by atoms with Crippen molar-refractivity contribution in [1.82, 2.24) is 0 Å². The maximum Gasteiger partial charge on any atom is 0.314 e. The maximum absolute atomic E-state index is 11.8. The highest BCUT2D eigenvalue weighted by atomic mass is 16.4. The minimum atomic E-state index is -0.661. The van der Waals surface area contributed by atoms with E-state index in [0.29, 0.717) is 0 Å². The van der Waals surface area contributed by atoms with Crippen molar-refractivity contribution in [2.45, 2.75) is 78.1 Å². The molecule has 0 radical (unpaired) electrons. The lowest BCUT2D eigenvalue weighted by atomic mass is 9.68. The molecule has 0 aliphatic heterocycles. The highest BCUT2D eigenvalue weighted by molar-refractivity contribution is 5.78. The van der Waals surface area contributed by atoms with Gasteiger partial charge in [0.05, 0.1) is 5.41 Å². The Kier molecular flexibility index (Phi) is 8.41. The molecule has 1 rings (SSSR count). The Morgan fingerprint density at radius 2 is 1.62 bits per heavy atom. The molecule has 0 aromatic heterocycles. The van der Waals surface area contributed by atoms with Crippen LogP contribution in [0.25, 0.3) is 0 Å². The van der Waals surface area contributed by atoms with Crippen molar-refractivity contribution in [3.63, 3.8) is 0 Å². The molecule has 0 saturated carbocycles. The summed E-state index contributed by atoms with van der Waals surface area (Å²) in [5.41, 5.74) is -0.661. The van der Waals surface area contributed by atoms with Crippen LogP contribution in [0, 0.1) is 11.3 Å². The molecule has 2 atom stereocenters. The zero-order valence-corrected chi connectivity index (χ0v) is 13.8. The molecule has 2 heteroatoms. The molecule has 0 aromatic rings. The molecule has 1 aliphatic carbocycles. The fourth-order valence-electron chi connectivity index (χ4n) is 3.38. The van der Waals surface area contributed by atoms with E-state index in [1.54, 1.807) is 0 Å². The first-order chi connectivity index (χ1) is 10.2. The average Bonchev–Trinajstić information content (AvgIpc) is 2.50. The maximum atomic E-state index is 11.8. The third-order valence-corrected chi connectivity index (χ3v) is 4.79. The van der Waals surface area contributed by atoms with Crippen LogP contribution >= 0.6 is 0 Å². The van der Waals surface area contributed by atoms with Gasteiger partial charge in [0.1, 0.15) is 0 Å². The number of carboxylic acid groups (broad SMARTS) is 1. The Labute approximate surface area is 130 Å². The minimum Gasteiger partial charge on any atom is -0.481 e. The molecule has 0 heterocycles. The number of carbonyl (C=O) groups is 1. The fraction of sp³-hybridized carbons (Fsp3) is 0.737. The zero-order chi connectivity index (χ0) is 15.6. The van der Waals surface area contributed by atoms with E-state index in [2.05, 4.69) is 19.9 Å². The second-order valence-electron chi connectivity index (χ2n) is 6.33. The van der Waals surface area contributed by atoms with Gasteiger partial charge in [0.25, 0.3) is 0 Å². The van der Waals surface area contributed by atoms with E-state index < -0.39 is 11.4 Å². The molecule has 0 fully saturated rings. The van der Waals surface area contributed by atoms with Crippen molar-refractivity contribution >= 4 is 5.97 Å². The van der Waals surface area contributed by atoms with Crippen molar-refractivity contribution in [1.29, 1.82) is 0 Å². The average molecular weight is 292 g/mol. The minimum absolute atomic E-state index is 0.143. The van der Waals surface area contributed by atoms with Crippen LogP contribution in [-0.4, -0.2) is 11.1 Å². The quantitative estimate of drug-likeness (QED) is 0.493. The summed E-state index contributed by atoms with van der Waals surface area (Å²) >= 11 is 0. The summed E-state index contributed by atoms with van der Waals surface area (Å²) in [6.07, 6.45) is 19.6. The van der Waals surface area contributed by atoms with E-state index >= 15 is 0 Å². The normalized spacial score (nSPS) is 24.4. The Morgan fingerprint density at radius 1 is 1.00 bits per heavy atom. The Morgan fingerprint density at radius 3 is 2.19 bits per heavy atom. The molecule has 0 bridgehead atoms. The van der Waals surface area contributed by atoms with Crippen LogP contribution in [0.2, 0.25) is 0 Å². The first kappa shape index (κ1) is 18.0. The number of allylic oxidation sites excluding steroid dienone is 3. The smallest absolute Gasteiger partial charge is 0.314 e. The Hall–Kier alpha value is -1.05. The summed E-state index contributed by atoms with van der Waals surface area (Å²) in [4.78, 5) is 11.8. The zero-order valence-electron chi connectivity index (χ0n) is 13.8. The van der Waals surface area contributed by atoms with Crippen molar-refractivity contribution in [3.8, 4) is 0 Å². The van der Waals surface area contributed by atoms with Gasteiger partial charge in [0.2, 0.25) is 0 Å². The summed E-state index contributed by atoms with van der Waals surface area (Å²) in [6, 6.07) is 0. The van der Waals surface area contributed by atoms with Gasteiger partial charge in [0.15, 0.2) is 0 Å². The predicted molar refractivity (Wildman–Crippen MR) is 89.4 cm³/mol. The van der Waals surface area contributed by atoms with Crippen LogP contribution in [0.1, 0.15) is 78.1 Å². The van der Waals surface area contributed by atoms with Crippen molar-refractivity contribution in [3.05, 3.63) is 24.3 Å². The van der Waals surface area contributed by atoms with Crippen LogP contribution in [0.3, 0.4) is 0 Å². The molecule has 0 amide bonds. The Bertz CT molecular complexity index is 357. The second-order valence-corrected chi connectivity index (χ2v) is 6.33. The molecule has 1 N–H and O–H groups in total. The summed E-state index contributed by atoms with van der Waals surface area (Å²) in [5.74, 6) is -0.512. The van der Waals surface area contributed by atoms with Crippen molar-refractivity contribution in [2.75, 3.05) is 0 Å². The van der Waals surface area contributed by atoms with E-state index in [0.717, 1.165) is 25.7 Å². The predicted octanol–water partition coefficient (Wildman–Crippen LogP) is 5.74. The molecule has 0 spiro atoms. The standard InChI is InChI=1S/C19H32O2/c1-3-5-6-7-8-9-10-12-15-19(18(20)21)16-13-11-14-17(19)4-2/h11,13-14,16-17H,3-10,12,15H2,1-2H3,(H,20,21). The number of unbranched alkanes of at least 4 members (excludes halogenated alkanes) is 7. The summed E-state index contributed by atoms with van der Waals surface area (Å²) < 4.78 is 0. The van der Waals surface area contributed by atoms with Gasteiger partial charge in [-0.15, -0.1) is 0 Å².